The number of sulfonamides is 1. The fraction of sp³-hybridized carbons (Fsp3) is 0.333. The largest absolute Gasteiger partial charge is 0.323 e. The molecule has 27 heavy (non-hydrogen) atoms. The van der Waals surface area contributed by atoms with E-state index in [4.69, 9.17) is 0 Å². The first-order valence-electron chi connectivity index (χ1n) is 8.67. The molecule has 0 spiro atoms. The van der Waals surface area contributed by atoms with Gasteiger partial charge in [0.25, 0.3) is 0 Å². The number of nitrogens with zero attached hydrogens (tertiary/aromatic N) is 4. The maximum Gasteiger partial charge on any atom is 0.321 e. The number of piperidine rings is 1. The van der Waals surface area contributed by atoms with E-state index in [2.05, 4.69) is 17.0 Å². The van der Waals surface area contributed by atoms with E-state index in [1.165, 1.54) is 11.4 Å². The number of benzene rings is 1. The lowest BCUT2D eigenvalue weighted by Gasteiger charge is -2.36. The van der Waals surface area contributed by atoms with Crippen molar-refractivity contribution in [3.8, 4) is 5.69 Å². The van der Waals surface area contributed by atoms with E-state index < -0.39 is 10.0 Å². The van der Waals surface area contributed by atoms with E-state index in [0.29, 0.717) is 25.2 Å². The molecule has 1 fully saturated rings. The van der Waals surface area contributed by atoms with Crippen LogP contribution >= 0.6 is 0 Å². The molecule has 1 aromatic heterocycles. The van der Waals surface area contributed by atoms with Gasteiger partial charge in [0.15, 0.2) is 0 Å². The average Bonchev–Trinajstić information content (AvgIpc) is 3.23. The number of aromatic nitrogens is 2. The summed E-state index contributed by atoms with van der Waals surface area (Å²) in [6.07, 6.45) is 5.00. The van der Waals surface area contributed by atoms with Gasteiger partial charge in [-0.1, -0.05) is 6.58 Å². The molecule has 1 aliphatic rings. The Bertz CT molecular complexity index is 894. The molecule has 1 aromatic carbocycles. The Morgan fingerprint density at radius 1 is 1.37 bits per heavy atom. The van der Waals surface area contributed by atoms with Crippen LogP contribution in [0.15, 0.2) is 54.7 Å². The third-order valence-electron chi connectivity index (χ3n) is 4.70. The van der Waals surface area contributed by atoms with E-state index in [1.54, 1.807) is 15.8 Å². The van der Waals surface area contributed by atoms with E-state index in [-0.39, 0.29) is 12.1 Å². The Balaban J connectivity index is 1.63. The molecule has 1 atom stereocenters. The molecule has 0 saturated carbocycles. The number of nitrogens with one attached hydrogen (secondary N) is 1. The lowest BCUT2D eigenvalue weighted by Crippen LogP contribution is -2.50. The zero-order valence-corrected chi connectivity index (χ0v) is 16.0. The molecule has 144 valence electrons. The molecule has 1 saturated heterocycles. The van der Waals surface area contributed by atoms with Crippen molar-refractivity contribution in [3.63, 3.8) is 0 Å². The van der Waals surface area contributed by atoms with Gasteiger partial charge in [-0.2, -0.15) is 9.40 Å². The van der Waals surface area contributed by atoms with Crippen molar-refractivity contribution in [1.29, 1.82) is 0 Å². The number of hydrogen-bond donors (Lipinski definition) is 1. The topological polar surface area (TPSA) is 87.5 Å². The number of urea groups is 1. The number of hydrogen-bond acceptors (Lipinski definition) is 4. The van der Waals surface area contributed by atoms with Crippen LogP contribution < -0.4 is 5.32 Å². The number of anilines is 1. The normalized spacial score (nSPS) is 17.7. The van der Waals surface area contributed by atoms with Gasteiger partial charge in [-0.25, -0.2) is 17.9 Å². The second-order valence-electron chi connectivity index (χ2n) is 6.40. The number of likely N-dealkylation sites (tertiary alicyclic amines) is 1. The fourth-order valence-corrected chi connectivity index (χ4v) is 3.91. The van der Waals surface area contributed by atoms with E-state index in [0.717, 1.165) is 17.5 Å². The highest BCUT2D eigenvalue weighted by Gasteiger charge is 2.30. The first kappa shape index (κ1) is 19.1. The third kappa shape index (κ3) is 4.37. The van der Waals surface area contributed by atoms with Crippen LogP contribution in [0.1, 0.15) is 12.8 Å². The van der Waals surface area contributed by atoms with Gasteiger partial charge in [0.1, 0.15) is 0 Å². The molecule has 0 radical (unpaired) electrons. The summed E-state index contributed by atoms with van der Waals surface area (Å²) in [5.41, 5.74) is 1.57. The molecular weight excluding hydrogens is 366 g/mol. The lowest BCUT2D eigenvalue weighted by atomic mass is 10.1. The van der Waals surface area contributed by atoms with Gasteiger partial charge >= 0.3 is 6.03 Å². The summed E-state index contributed by atoms with van der Waals surface area (Å²) >= 11 is 0. The smallest absolute Gasteiger partial charge is 0.321 e. The summed E-state index contributed by atoms with van der Waals surface area (Å²) in [7, 11) is -1.98. The van der Waals surface area contributed by atoms with Gasteiger partial charge in [0, 0.05) is 49.7 Å². The second kappa shape index (κ2) is 7.93. The van der Waals surface area contributed by atoms with Gasteiger partial charge in [0.05, 0.1) is 5.69 Å². The molecule has 0 unspecified atom stereocenters. The zero-order chi connectivity index (χ0) is 19.4. The van der Waals surface area contributed by atoms with Crippen LogP contribution in [-0.2, 0) is 10.0 Å². The van der Waals surface area contributed by atoms with Crippen molar-refractivity contribution in [2.75, 3.05) is 25.5 Å². The molecule has 2 heterocycles. The molecule has 2 amide bonds. The third-order valence-corrected chi connectivity index (χ3v) is 6.22. The summed E-state index contributed by atoms with van der Waals surface area (Å²) in [4.78, 5) is 14.2. The second-order valence-corrected chi connectivity index (χ2v) is 8.34. The van der Waals surface area contributed by atoms with Crippen molar-refractivity contribution in [1.82, 2.24) is 19.0 Å². The summed E-state index contributed by atoms with van der Waals surface area (Å²) in [5.74, 6) is 0. The Morgan fingerprint density at radius 2 is 2.11 bits per heavy atom. The van der Waals surface area contributed by atoms with Crippen molar-refractivity contribution >= 4 is 21.7 Å². The Labute approximate surface area is 159 Å². The number of carbonyl (C=O) groups is 1. The van der Waals surface area contributed by atoms with Crippen molar-refractivity contribution in [3.05, 3.63) is 54.7 Å². The standard InChI is InChI=1S/C18H23N5O3S/c1-3-27(25,26)21(2)17-6-4-12-22(14-17)18(24)20-15-7-9-16(10-8-15)23-13-5-11-19-23/h3,5,7-11,13,17H,1,4,6,12,14H2,2H3,(H,20,24)/t17-/m1/s1. The van der Waals surface area contributed by atoms with Crippen molar-refractivity contribution in [2.45, 2.75) is 18.9 Å². The molecule has 1 N–H and O–H groups in total. The highest BCUT2D eigenvalue weighted by Crippen LogP contribution is 2.19. The Morgan fingerprint density at radius 3 is 2.74 bits per heavy atom. The highest BCUT2D eigenvalue weighted by molar-refractivity contribution is 7.92. The predicted octanol–water partition coefficient (Wildman–Crippen LogP) is 2.27. The molecule has 0 bridgehead atoms. The fourth-order valence-electron chi connectivity index (χ4n) is 3.08. The van der Waals surface area contributed by atoms with Crippen molar-refractivity contribution < 1.29 is 13.2 Å². The first-order valence-corrected chi connectivity index (χ1v) is 10.2. The van der Waals surface area contributed by atoms with Crippen LogP contribution in [0.5, 0.6) is 0 Å². The quantitative estimate of drug-likeness (QED) is 0.850. The molecule has 3 rings (SSSR count). The van der Waals surface area contributed by atoms with E-state index in [9.17, 15) is 13.2 Å². The van der Waals surface area contributed by atoms with E-state index >= 15 is 0 Å². The summed E-state index contributed by atoms with van der Waals surface area (Å²) in [5, 5.41) is 7.97. The van der Waals surface area contributed by atoms with Gasteiger partial charge in [-0.05, 0) is 43.2 Å². The van der Waals surface area contributed by atoms with Crippen molar-refractivity contribution in [2.24, 2.45) is 0 Å². The summed E-state index contributed by atoms with van der Waals surface area (Å²) in [6.45, 7) is 4.30. The monoisotopic (exact) mass is 389 g/mol. The molecule has 8 nitrogen and oxygen atoms in total. The molecule has 0 aliphatic carbocycles. The first-order chi connectivity index (χ1) is 12.9. The van der Waals surface area contributed by atoms with Crippen LogP contribution in [0.3, 0.4) is 0 Å². The van der Waals surface area contributed by atoms with Crippen LogP contribution in [0, 0.1) is 0 Å². The van der Waals surface area contributed by atoms with Crippen LogP contribution in [0.4, 0.5) is 10.5 Å². The molecular formula is C18H23N5O3S. The van der Waals surface area contributed by atoms with Crippen LogP contribution in [0.25, 0.3) is 5.69 Å². The van der Waals surface area contributed by atoms with E-state index in [1.807, 2.05) is 36.5 Å². The van der Waals surface area contributed by atoms with Gasteiger partial charge < -0.3 is 10.2 Å². The number of likely N-dealkylation sites (N-methyl/N-ethyl adjacent to an activating group) is 1. The van der Waals surface area contributed by atoms with Gasteiger partial charge in [-0.3, -0.25) is 0 Å². The maximum atomic E-state index is 12.6. The number of carbonyl (C=O) groups excluding carboxylic acids is 1. The minimum absolute atomic E-state index is 0.240. The Hall–Kier alpha value is -2.65. The zero-order valence-electron chi connectivity index (χ0n) is 15.2. The molecule has 9 heteroatoms. The predicted molar refractivity (Wildman–Crippen MR) is 104 cm³/mol. The lowest BCUT2D eigenvalue weighted by molar-refractivity contribution is 0.168. The molecule has 1 aliphatic heterocycles. The number of amides is 2. The maximum absolute atomic E-state index is 12.6. The SMILES string of the molecule is C=CS(=O)(=O)N(C)[C@@H]1CCCN(C(=O)Nc2ccc(-n3cccn3)cc2)C1. The summed E-state index contributed by atoms with van der Waals surface area (Å²) in [6, 6.07) is 8.70. The summed E-state index contributed by atoms with van der Waals surface area (Å²) < 4.78 is 27.0. The highest BCUT2D eigenvalue weighted by atomic mass is 32.2. The van der Waals surface area contributed by atoms with Gasteiger partial charge in [0.2, 0.25) is 10.0 Å². The molecule has 2 aromatic rings. The van der Waals surface area contributed by atoms with Crippen LogP contribution in [-0.4, -0.2) is 59.6 Å². The van der Waals surface area contributed by atoms with Gasteiger partial charge in [-0.15, -0.1) is 0 Å². The Kier molecular flexibility index (Phi) is 5.62. The minimum atomic E-state index is -3.50. The number of rotatable bonds is 5. The minimum Gasteiger partial charge on any atom is -0.323 e. The average molecular weight is 389 g/mol. The van der Waals surface area contributed by atoms with Crippen LogP contribution in [0.2, 0.25) is 0 Å².